The Balaban J connectivity index is 1.35. The van der Waals surface area contributed by atoms with Crippen molar-refractivity contribution in [1.82, 2.24) is 34.8 Å². The lowest BCUT2D eigenvalue weighted by atomic mass is 9.77. The van der Waals surface area contributed by atoms with Gasteiger partial charge in [0, 0.05) is 44.9 Å². The average Bonchev–Trinajstić information content (AvgIpc) is 3.47. The first-order valence-electron chi connectivity index (χ1n) is 12.2. The third-order valence-electron chi connectivity index (χ3n) is 7.01. The fraction of sp³-hybridized carbons (Fsp3) is 0.385. The molecule has 0 radical (unpaired) electrons. The number of nitrogens with zero attached hydrogens (tertiary/aromatic N) is 7. The van der Waals surface area contributed by atoms with Crippen LogP contribution in [0.5, 0.6) is 0 Å². The van der Waals surface area contributed by atoms with E-state index in [0.29, 0.717) is 36.3 Å². The number of anilines is 1. The first kappa shape index (κ1) is 24.6. The van der Waals surface area contributed by atoms with Gasteiger partial charge in [0.15, 0.2) is 5.82 Å². The molecule has 1 aliphatic carbocycles. The van der Waals surface area contributed by atoms with E-state index < -0.39 is 5.41 Å². The molecule has 1 aliphatic rings. The number of benzene rings is 1. The van der Waals surface area contributed by atoms with E-state index in [4.69, 9.17) is 20.0 Å². The lowest BCUT2D eigenvalue weighted by Gasteiger charge is -2.27. The molecule has 0 saturated heterocycles. The van der Waals surface area contributed by atoms with E-state index in [-0.39, 0.29) is 18.4 Å². The van der Waals surface area contributed by atoms with Crippen LogP contribution in [-0.4, -0.2) is 68.0 Å². The molecule has 5 rings (SSSR count). The van der Waals surface area contributed by atoms with Gasteiger partial charge >= 0.3 is 0 Å². The standard InChI is InChI=1S/C26H30N8O3/c1-26(21-8-9-21,20-6-4-17(5-7-20)18-12-28-25(27)29-13-18)24-31-23(37-32-24)19-14-30-34(15-19)16-22(35)33(2)10-11-36-3/h4-7,12-15,21H,8-11,16H2,1-3H3,(H2,27,28,29)/t26-/m0/s1. The van der Waals surface area contributed by atoms with Crippen molar-refractivity contribution in [1.29, 1.82) is 0 Å². The lowest BCUT2D eigenvalue weighted by Crippen LogP contribution is -2.32. The van der Waals surface area contributed by atoms with Crippen molar-refractivity contribution in [3.05, 3.63) is 60.4 Å². The quantitative estimate of drug-likeness (QED) is 0.347. The summed E-state index contributed by atoms with van der Waals surface area (Å²) in [5, 5.41) is 8.69. The molecular formula is C26H30N8O3. The molecular weight excluding hydrogens is 472 g/mol. The smallest absolute Gasteiger partial charge is 0.261 e. The highest BCUT2D eigenvalue weighted by molar-refractivity contribution is 5.75. The second kappa shape index (κ2) is 10.1. The van der Waals surface area contributed by atoms with Crippen LogP contribution < -0.4 is 5.73 Å². The molecule has 0 spiro atoms. The number of hydrogen-bond donors (Lipinski definition) is 1. The van der Waals surface area contributed by atoms with Crippen LogP contribution in [0, 0.1) is 5.92 Å². The number of nitrogens with two attached hydrogens (primary N) is 1. The maximum atomic E-state index is 12.4. The molecule has 0 aliphatic heterocycles. The molecule has 2 N–H and O–H groups in total. The maximum absolute atomic E-state index is 12.4. The molecule has 3 aromatic heterocycles. The number of rotatable bonds is 10. The predicted molar refractivity (Wildman–Crippen MR) is 136 cm³/mol. The van der Waals surface area contributed by atoms with Gasteiger partial charge < -0.3 is 19.9 Å². The van der Waals surface area contributed by atoms with Crippen LogP contribution >= 0.6 is 0 Å². The van der Waals surface area contributed by atoms with Gasteiger partial charge in [-0.15, -0.1) is 0 Å². The Morgan fingerprint density at radius 2 is 1.89 bits per heavy atom. The highest BCUT2D eigenvalue weighted by atomic mass is 16.5. The first-order chi connectivity index (χ1) is 17.9. The van der Waals surface area contributed by atoms with E-state index in [1.54, 1.807) is 48.5 Å². The SMILES string of the molecule is COCCN(C)C(=O)Cn1cc(-c2nc([C@@](C)(c3ccc(-c4cnc(N)nc4)cc3)C3CC3)no2)cn1. The zero-order valence-electron chi connectivity index (χ0n) is 21.2. The molecule has 1 saturated carbocycles. The number of ether oxygens (including phenoxy) is 1. The van der Waals surface area contributed by atoms with E-state index >= 15 is 0 Å². The van der Waals surface area contributed by atoms with Gasteiger partial charge in [0.2, 0.25) is 11.9 Å². The van der Waals surface area contributed by atoms with Crippen molar-refractivity contribution in [2.45, 2.75) is 31.7 Å². The van der Waals surface area contributed by atoms with Gasteiger partial charge in [0.1, 0.15) is 6.54 Å². The summed E-state index contributed by atoms with van der Waals surface area (Å²) in [6, 6.07) is 8.31. The Kier molecular flexibility index (Phi) is 6.70. The third kappa shape index (κ3) is 5.08. The zero-order valence-corrected chi connectivity index (χ0v) is 21.2. The molecule has 1 aromatic carbocycles. The summed E-state index contributed by atoms with van der Waals surface area (Å²) in [5.74, 6) is 1.63. The number of methoxy groups -OCH3 is 1. The van der Waals surface area contributed by atoms with Crippen LogP contribution in [0.4, 0.5) is 5.95 Å². The summed E-state index contributed by atoms with van der Waals surface area (Å²) in [4.78, 5) is 27.0. The van der Waals surface area contributed by atoms with Gasteiger partial charge in [-0.05, 0) is 36.8 Å². The number of carbonyl (C=O) groups excluding carboxylic acids is 1. The topological polar surface area (TPSA) is 138 Å². The minimum atomic E-state index is -0.395. The summed E-state index contributed by atoms with van der Waals surface area (Å²) >= 11 is 0. The highest BCUT2D eigenvalue weighted by Crippen LogP contribution is 2.50. The predicted octanol–water partition coefficient (Wildman–Crippen LogP) is 2.79. The van der Waals surface area contributed by atoms with Gasteiger partial charge in [-0.25, -0.2) is 9.97 Å². The van der Waals surface area contributed by atoms with Crippen LogP contribution in [0.15, 0.2) is 53.6 Å². The van der Waals surface area contributed by atoms with Crippen LogP contribution in [0.3, 0.4) is 0 Å². The molecule has 3 heterocycles. The number of hydrogen-bond acceptors (Lipinski definition) is 9. The van der Waals surface area contributed by atoms with Crippen molar-refractivity contribution < 1.29 is 14.1 Å². The minimum Gasteiger partial charge on any atom is -0.383 e. The van der Waals surface area contributed by atoms with Crippen LogP contribution in [0.25, 0.3) is 22.6 Å². The summed E-state index contributed by atoms with van der Waals surface area (Å²) in [6.45, 7) is 3.28. The zero-order chi connectivity index (χ0) is 26.0. The molecule has 1 fully saturated rings. The van der Waals surface area contributed by atoms with E-state index in [0.717, 1.165) is 29.5 Å². The number of carbonyl (C=O) groups is 1. The van der Waals surface area contributed by atoms with Gasteiger partial charge in [-0.1, -0.05) is 29.4 Å². The number of aromatic nitrogens is 6. The normalized spacial score (nSPS) is 14.9. The third-order valence-corrected chi connectivity index (χ3v) is 7.01. The fourth-order valence-electron chi connectivity index (χ4n) is 4.43. The molecule has 1 amide bonds. The number of amides is 1. The Hall–Kier alpha value is -4.12. The summed E-state index contributed by atoms with van der Waals surface area (Å²) in [6.07, 6.45) is 9.02. The summed E-state index contributed by atoms with van der Waals surface area (Å²) in [7, 11) is 3.35. The molecule has 0 unspecified atom stereocenters. The maximum Gasteiger partial charge on any atom is 0.261 e. The van der Waals surface area contributed by atoms with Gasteiger partial charge in [-0.3, -0.25) is 9.48 Å². The van der Waals surface area contributed by atoms with E-state index in [2.05, 4.69) is 51.4 Å². The molecule has 192 valence electrons. The van der Waals surface area contributed by atoms with Crippen molar-refractivity contribution >= 4 is 11.9 Å². The monoisotopic (exact) mass is 502 g/mol. The molecule has 4 aromatic rings. The van der Waals surface area contributed by atoms with Gasteiger partial charge in [-0.2, -0.15) is 10.1 Å². The van der Waals surface area contributed by atoms with Gasteiger partial charge in [0.25, 0.3) is 5.89 Å². The van der Waals surface area contributed by atoms with E-state index in [1.807, 2.05) is 0 Å². The Labute approximate surface area is 214 Å². The molecule has 37 heavy (non-hydrogen) atoms. The summed E-state index contributed by atoms with van der Waals surface area (Å²) < 4.78 is 12.3. The highest BCUT2D eigenvalue weighted by Gasteiger charge is 2.47. The van der Waals surface area contributed by atoms with Crippen molar-refractivity contribution in [2.75, 3.05) is 33.0 Å². The number of nitrogen functional groups attached to an aromatic ring is 1. The Morgan fingerprint density at radius 1 is 1.16 bits per heavy atom. The van der Waals surface area contributed by atoms with Crippen molar-refractivity contribution in [2.24, 2.45) is 5.92 Å². The average molecular weight is 503 g/mol. The second-order valence-electron chi connectivity index (χ2n) is 9.54. The molecule has 11 heteroatoms. The fourth-order valence-corrected chi connectivity index (χ4v) is 4.43. The van der Waals surface area contributed by atoms with E-state index in [1.165, 1.54) is 0 Å². The minimum absolute atomic E-state index is 0.0618. The van der Waals surface area contributed by atoms with Crippen LogP contribution in [0.1, 0.15) is 31.2 Å². The first-order valence-corrected chi connectivity index (χ1v) is 12.2. The number of likely N-dealkylation sites (N-methyl/N-ethyl adjacent to an activating group) is 1. The lowest BCUT2D eigenvalue weighted by molar-refractivity contribution is -0.131. The molecule has 1 atom stereocenters. The largest absolute Gasteiger partial charge is 0.383 e. The van der Waals surface area contributed by atoms with Crippen molar-refractivity contribution in [3.8, 4) is 22.6 Å². The van der Waals surface area contributed by atoms with Crippen molar-refractivity contribution in [3.63, 3.8) is 0 Å². The molecule has 0 bridgehead atoms. The second-order valence-corrected chi connectivity index (χ2v) is 9.54. The Morgan fingerprint density at radius 3 is 2.57 bits per heavy atom. The Bertz CT molecular complexity index is 1360. The molecule has 11 nitrogen and oxygen atoms in total. The summed E-state index contributed by atoms with van der Waals surface area (Å²) in [5.41, 5.74) is 8.91. The van der Waals surface area contributed by atoms with Crippen LogP contribution in [-0.2, 0) is 21.5 Å². The van der Waals surface area contributed by atoms with E-state index in [9.17, 15) is 4.79 Å². The van der Waals surface area contributed by atoms with Crippen LogP contribution in [0.2, 0.25) is 0 Å². The van der Waals surface area contributed by atoms with Gasteiger partial charge in [0.05, 0.1) is 23.8 Å².